The third-order valence-electron chi connectivity index (χ3n) is 3.31. The van der Waals surface area contributed by atoms with Gasteiger partial charge in [0, 0.05) is 30.0 Å². The summed E-state index contributed by atoms with van der Waals surface area (Å²) in [6.07, 6.45) is 4.02. The van der Waals surface area contributed by atoms with Crippen LogP contribution in [-0.2, 0) is 7.05 Å². The molecule has 0 saturated carbocycles. The number of carbonyl (C=O) groups is 1. The van der Waals surface area contributed by atoms with E-state index in [1.165, 1.54) is 48.5 Å². The summed E-state index contributed by atoms with van der Waals surface area (Å²) in [5, 5.41) is 2.60. The Hall–Kier alpha value is -3.13. The summed E-state index contributed by atoms with van der Waals surface area (Å²) < 4.78 is 14.8. The van der Waals surface area contributed by atoms with Crippen molar-refractivity contribution >= 4 is 23.3 Å². The molecule has 9 heteroatoms. The van der Waals surface area contributed by atoms with Crippen LogP contribution in [0.15, 0.2) is 47.8 Å². The maximum Gasteiger partial charge on any atom is 0.293 e. The first-order valence-electron chi connectivity index (χ1n) is 7.05. The lowest BCUT2D eigenvalue weighted by Gasteiger charge is -2.06. The van der Waals surface area contributed by atoms with Crippen LogP contribution in [0.2, 0.25) is 5.02 Å². The van der Waals surface area contributed by atoms with Gasteiger partial charge >= 0.3 is 0 Å². The zero-order chi connectivity index (χ0) is 18.0. The average Bonchev–Trinajstić information content (AvgIpc) is 2.58. The molecular weight excluding hydrogens is 349 g/mol. The highest BCUT2D eigenvalue weighted by Crippen LogP contribution is 2.23. The molecular formula is C16H11ClFN5O2. The number of hydrogen-bond acceptors (Lipinski definition) is 5. The van der Waals surface area contributed by atoms with Crippen LogP contribution < -0.4 is 10.9 Å². The van der Waals surface area contributed by atoms with E-state index in [0.717, 1.165) is 6.07 Å². The summed E-state index contributed by atoms with van der Waals surface area (Å²) in [5.74, 6) is -1.28. The Morgan fingerprint density at radius 3 is 2.76 bits per heavy atom. The average molecular weight is 360 g/mol. The van der Waals surface area contributed by atoms with E-state index in [1.807, 2.05) is 0 Å². The van der Waals surface area contributed by atoms with Crippen molar-refractivity contribution in [1.82, 2.24) is 19.5 Å². The van der Waals surface area contributed by atoms with Crippen molar-refractivity contribution in [2.45, 2.75) is 0 Å². The largest absolute Gasteiger partial charge is 0.314 e. The van der Waals surface area contributed by atoms with Crippen molar-refractivity contribution in [1.29, 1.82) is 0 Å². The standard InChI is InChI=1S/C16H11ClFN5O2/c1-23-3-2-19-14(16(23)25)22-15(24)13-7-12(20-8-21-13)9-4-10(17)6-11(18)5-9/h2-8H,1H3,(H,19,22,24). The topological polar surface area (TPSA) is 89.8 Å². The number of benzene rings is 1. The third-order valence-corrected chi connectivity index (χ3v) is 3.53. The van der Waals surface area contributed by atoms with Crippen LogP contribution in [0.4, 0.5) is 10.2 Å². The number of nitrogens with zero attached hydrogens (tertiary/aromatic N) is 4. The number of nitrogens with one attached hydrogen (secondary N) is 1. The molecule has 0 aliphatic heterocycles. The van der Waals surface area contributed by atoms with Crippen LogP contribution in [0.1, 0.15) is 10.5 Å². The lowest BCUT2D eigenvalue weighted by molar-refractivity contribution is 0.102. The molecule has 25 heavy (non-hydrogen) atoms. The van der Waals surface area contributed by atoms with E-state index in [1.54, 1.807) is 0 Å². The van der Waals surface area contributed by atoms with Gasteiger partial charge in [-0.2, -0.15) is 0 Å². The van der Waals surface area contributed by atoms with Crippen LogP contribution >= 0.6 is 11.6 Å². The predicted octanol–water partition coefficient (Wildman–Crippen LogP) is 2.28. The summed E-state index contributed by atoms with van der Waals surface area (Å²) in [6, 6.07) is 5.29. The molecule has 0 aliphatic carbocycles. The molecule has 1 aromatic carbocycles. The number of hydrogen-bond donors (Lipinski definition) is 1. The molecule has 126 valence electrons. The maximum absolute atomic E-state index is 13.5. The lowest BCUT2D eigenvalue weighted by atomic mass is 10.1. The van der Waals surface area contributed by atoms with Crippen LogP contribution in [-0.4, -0.2) is 25.4 Å². The molecule has 3 aromatic rings. The molecule has 0 aliphatic rings. The van der Waals surface area contributed by atoms with Crippen molar-refractivity contribution in [2.75, 3.05) is 5.32 Å². The number of halogens is 2. The summed E-state index contributed by atoms with van der Waals surface area (Å²) in [7, 11) is 1.54. The molecule has 0 unspecified atom stereocenters. The van der Waals surface area contributed by atoms with Crippen molar-refractivity contribution in [3.63, 3.8) is 0 Å². The van der Waals surface area contributed by atoms with Crippen molar-refractivity contribution in [3.05, 3.63) is 69.9 Å². The van der Waals surface area contributed by atoms with Gasteiger partial charge < -0.3 is 9.88 Å². The highest BCUT2D eigenvalue weighted by atomic mass is 35.5. The summed E-state index contributed by atoms with van der Waals surface area (Å²) in [5.41, 5.74) is 0.255. The van der Waals surface area contributed by atoms with Gasteiger partial charge in [0.15, 0.2) is 5.82 Å². The summed E-state index contributed by atoms with van der Waals surface area (Å²) in [6.45, 7) is 0. The van der Waals surface area contributed by atoms with Gasteiger partial charge in [-0.3, -0.25) is 9.59 Å². The molecule has 0 bridgehead atoms. The van der Waals surface area contributed by atoms with E-state index in [9.17, 15) is 14.0 Å². The Morgan fingerprint density at radius 2 is 2.00 bits per heavy atom. The molecule has 7 nitrogen and oxygen atoms in total. The zero-order valence-corrected chi connectivity index (χ0v) is 13.7. The molecule has 2 heterocycles. The number of aryl methyl sites for hydroxylation is 1. The van der Waals surface area contributed by atoms with E-state index in [4.69, 9.17) is 11.6 Å². The smallest absolute Gasteiger partial charge is 0.293 e. The molecule has 0 radical (unpaired) electrons. The molecule has 0 spiro atoms. The minimum absolute atomic E-state index is 0.00177. The molecule has 1 amide bonds. The third kappa shape index (κ3) is 3.69. The van der Waals surface area contributed by atoms with Gasteiger partial charge in [0.2, 0.25) is 0 Å². The quantitative estimate of drug-likeness (QED) is 0.774. The van der Waals surface area contributed by atoms with Gasteiger partial charge in [0.05, 0.1) is 5.69 Å². The number of rotatable bonds is 3. The molecule has 3 rings (SSSR count). The summed E-state index contributed by atoms with van der Waals surface area (Å²) >= 11 is 5.83. The minimum atomic E-state index is -0.637. The fourth-order valence-electron chi connectivity index (χ4n) is 2.10. The highest BCUT2D eigenvalue weighted by molar-refractivity contribution is 6.30. The molecule has 2 aromatic heterocycles. The van der Waals surface area contributed by atoms with Crippen LogP contribution in [0.3, 0.4) is 0 Å². The van der Waals surface area contributed by atoms with Gasteiger partial charge in [0.1, 0.15) is 17.8 Å². The second-order valence-electron chi connectivity index (χ2n) is 5.09. The van der Waals surface area contributed by atoms with Gasteiger partial charge in [-0.05, 0) is 24.3 Å². The fraction of sp³-hybridized carbons (Fsp3) is 0.0625. The molecule has 0 atom stereocenters. The Bertz CT molecular complexity index is 1000. The van der Waals surface area contributed by atoms with Crippen LogP contribution in [0.5, 0.6) is 0 Å². The van der Waals surface area contributed by atoms with E-state index in [-0.39, 0.29) is 16.5 Å². The van der Waals surface area contributed by atoms with E-state index >= 15 is 0 Å². The van der Waals surface area contributed by atoms with Crippen LogP contribution in [0.25, 0.3) is 11.3 Å². The number of amides is 1. The van der Waals surface area contributed by atoms with Crippen molar-refractivity contribution < 1.29 is 9.18 Å². The lowest BCUT2D eigenvalue weighted by Crippen LogP contribution is -2.25. The fourth-order valence-corrected chi connectivity index (χ4v) is 2.32. The first-order chi connectivity index (χ1) is 11.9. The van der Waals surface area contributed by atoms with Crippen molar-refractivity contribution in [3.8, 4) is 11.3 Å². The number of aromatic nitrogens is 4. The Balaban J connectivity index is 1.92. The van der Waals surface area contributed by atoms with Gasteiger partial charge in [0.25, 0.3) is 11.5 Å². The highest BCUT2D eigenvalue weighted by Gasteiger charge is 2.13. The van der Waals surface area contributed by atoms with Gasteiger partial charge in [-0.1, -0.05) is 11.6 Å². The first-order valence-corrected chi connectivity index (χ1v) is 7.43. The van der Waals surface area contributed by atoms with E-state index in [2.05, 4.69) is 20.3 Å². The Kier molecular flexibility index (Phi) is 4.53. The van der Waals surface area contributed by atoms with Crippen molar-refractivity contribution in [2.24, 2.45) is 7.05 Å². The second-order valence-corrected chi connectivity index (χ2v) is 5.53. The Labute approximate surface area is 146 Å². The van der Waals surface area contributed by atoms with E-state index < -0.39 is 17.3 Å². The normalized spacial score (nSPS) is 10.5. The second kappa shape index (κ2) is 6.78. The van der Waals surface area contributed by atoms with E-state index in [0.29, 0.717) is 11.3 Å². The van der Waals surface area contributed by atoms with Gasteiger partial charge in [-0.25, -0.2) is 19.3 Å². The SMILES string of the molecule is Cn1ccnc(NC(=O)c2cc(-c3cc(F)cc(Cl)c3)ncn2)c1=O. The predicted molar refractivity (Wildman–Crippen MR) is 89.9 cm³/mol. The minimum Gasteiger partial charge on any atom is -0.314 e. The number of anilines is 1. The summed E-state index contributed by atoms with van der Waals surface area (Å²) in [4.78, 5) is 35.9. The van der Waals surface area contributed by atoms with Gasteiger partial charge in [-0.15, -0.1) is 0 Å². The molecule has 0 saturated heterocycles. The first kappa shape index (κ1) is 16.7. The number of carbonyl (C=O) groups excluding carboxylic acids is 1. The monoisotopic (exact) mass is 359 g/mol. The molecule has 0 fully saturated rings. The van der Waals surface area contributed by atoms with Crippen LogP contribution in [0, 0.1) is 5.82 Å². The molecule has 1 N–H and O–H groups in total. The Morgan fingerprint density at radius 1 is 1.20 bits per heavy atom. The maximum atomic E-state index is 13.5. The zero-order valence-electron chi connectivity index (χ0n) is 12.9.